The second-order valence-corrected chi connectivity index (χ2v) is 5.31. The van der Waals surface area contributed by atoms with Crippen LogP contribution in [0.1, 0.15) is 24.9 Å². The Bertz CT molecular complexity index is 513. The van der Waals surface area contributed by atoms with E-state index in [-0.39, 0.29) is 6.04 Å². The van der Waals surface area contributed by atoms with Gasteiger partial charge in [0.1, 0.15) is 11.0 Å². The normalized spacial score (nSPS) is 12.2. The minimum absolute atomic E-state index is 0.240. The van der Waals surface area contributed by atoms with E-state index in [0.717, 1.165) is 16.7 Å². The molecule has 1 N–H and O–H groups in total. The maximum Gasteiger partial charge on any atom is 0.131 e. The van der Waals surface area contributed by atoms with Gasteiger partial charge in [0.2, 0.25) is 0 Å². The Hall–Kier alpha value is -1.06. The van der Waals surface area contributed by atoms with E-state index in [2.05, 4.69) is 45.3 Å². The quantitative estimate of drug-likeness (QED) is 0.795. The summed E-state index contributed by atoms with van der Waals surface area (Å²) in [5, 5.41) is 3.90. The number of hydrogen-bond acceptors (Lipinski definition) is 2. The lowest BCUT2D eigenvalue weighted by Gasteiger charge is -2.18. The predicted molar refractivity (Wildman–Crippen MR) is 80.0 cm³/mol. The number of aromatic nitrogens is 1. The summed E-state index contributed by atoms with van der Waals surface area (Å²) < 4.78 is 1.09. The molecule has 0 saturated carbocycles. The van der Waals surface area contributed by atoms with Crippen molar-refractivity contribution in [3.8, 4) is 0 Å². The van der Waals surface area contributed by atoms with Crippen LogP contribution in [0.15, 0.2) is 46.9 Å². The number of nitrogens with zero attached hydrogens (tertiary/aromatic N) is 1. The Balaban J connectivity index is 2.17. The van der Waals surface area contributed by atoms with Crippen LogP contribution in [-0.4, -0.2) is 4.98 Å². The fourth-order valence-corrected chi connectivity index (χ4v) is 2.21. The molecule has 1 unspecified atom stereocenters. The van der Waals surface area contributed by atoms with Crippen LogP contribution in [0.4, 0.5) is 5.82 Å². The van der Waals surface area contributed by atoms with Crippen LogP contribution >= 0.6 is 27.5 Å². The zero-order valence-electron chi connectivity index (χ0n) is 10.0. The highest BCUT2D eigenvalue weighted by Gasteiger charge is 2.09. The molecule has 0 amide bonds. The summed E-state index contributed by atoms with van der Waals surface area (Å²) in [4.78, 5) is 4.25. The van der Waals surface area contributed by atoms with Crippen LogP contribution in [-0.2, 0) is 0 Å². The first-order valence-corrected chi connectivity index (χ1v) is 7.00. The van der Waals surface area contributed by atoms with Crippen molar-refractivity contribution in [3.63, 3.8) is 0 Å². The zero-order valence-corrected chi connectivity index (χ0v) is 12.4. The first-order chi connectivity index (χ1) is 8.69. The van der Waals surface area contributed by atoms with Crippen LogP contribution < -0.4 is 5.32 Å². The number of hydrogen-bond donors (Lipinski definition) is 1. The van der Waals surface area contributed by atoms with Crippen molar-refractivity contribution in [2.24, 2.45) is 0 Å². The Morgan fingerprint density at radius 2 is 1.94 bits per heavy atom. The van der Waals surface area contributed by atoms with Crippen molar-refractivity contribution in [3.05, 3.63) is 57.7 Å². The van der Waals surface area contributed by atoms with E-state index < -0.39 is 0 Å². The standard InChI is InChI=1S/C14H14BrClN2/c1-2-12(10-6-8-11(15)9-7-10)17-14-5-3-4-13(16)18-14/h3-9,12H,2H2,1H3,(H,17,18). The number of nitrogens with one attached hydrogen (secondary N) is 1. The maximum atomic E-state index is 5.88. The Kier molecular flexibility index (Phi) is 4.61. The van der Waals surface area contributed by atoms with Crippen molar-refractivity contribution < 1.29 is 0 Å². The molecule has 1 aromatic heterocycles. The highest BCUT2D eigenvalue weighted by Crippen LogP contribution is 2.23. The molecule has 0 aliphatic carbocycles. The minimum atomic E-state index is 0.240. The van der Waals surface area contributed by atoms with E-state index in [1.165, 1.54) is 5.56 Å². The number of pyridine rings is 1. The van der Waals surface area contributed by atoms with Gasteiger partial charge >= 0.3 is 0 Å². The number of anilines is 1. The molecule has 1 aromatic carbocycles. The summed E-state index contributed by atoms with van der Waals surface area (Å²) in [6.07, 6.45) is 0.982. The van der Waals surface area contributed by atoms with Gasteiger partial charge in [0.05, 0.1) is 6.04 Å². The average Bonchev–Trinajstić information content (AvgIpc) is 2.37. The third kappa shape index (κ3) is 3.47. The third-order valence-corrected chi connectivity index (χ3v) is 3.46. The van der Waals surface area contributed by atoms with Crippen molar-refractivity contribution in [1.29, 1.82) is 0 Å². The zero-order chi connectivity index (χ0) is 13.0. The molecule has 4 heteroatoms. The first-order valence-electron chi connectivity index (χ1n) is 5.83. The summed E-state index contributed by atoms with van der Waals surface area (Å²) >= 11 is 9.32. The lowest BCUT2D eigenvalue weighted by atomic mass is 10.0. The van der Waals surface area contributed by atoms with Crippen molar-refractivity contribution in [2.45, 2.75) is 19.4 Å². The molecular weight excluding hydrogens is 312 g/mol. The van der Waals surface area contributed by atoms with Gasteiger partial charge in [-0.25, -0.2) is 4.98 Å². The molecule has 0 spiro atoms. The minimum Gasteiger partial charge on any atom is -0.363 e. The molecule has 0 radical (unpaired) electrons. The van der Waals surface area contributed by atoms with Gasteiger partial charge in [-0.15, -0.1) is 0 Å². The summed E-state index contributed by atoms with van der Waals surface area (Å²) in [5.41, 5.74) is 1.24. The second-order valence-electron chi connectivity index (χ2n) is 4.00. The molecule has 2 nitrogen and oxygen atoms in total. The number of benzene rings is 1. The largest absolute Gasteiger partial charge is 0.363 e. The maximum absolute atomic E-state index is 5.88. The number of rotatable bonds is 4. The molecule has 2 aromatic rings. The summed E-state index contributed by atoms with van der Waals surface area (Å²) in [7, 11) is 0. The molecule has 0 bridgehead atoms. The Morgan fingerprint density at radius 1 is 1.22 bits per heavy atom. The molecule has 1 atom stereocenters. The summed E-state index contributed by atoms with van der Waals surface area (Å²) in [5.74, 6) is 0.803. The van der Waals surface area contributed by atoms with Gasteiger partial charge in [0.25, 0.3) is 0 Å². The van der Waals surface area contributed by atoms with E-state index in [1.807, 2.05) is 24.3 Å². The fourth-order valence-electron chi connectivity index (χ4n) is 1.78. The van der Waals surface area contributed by atoms with Crippen molar-refractivity contribution >= 4 is 33.3 Å². The lowest BCUT2D eigenvalue weighted by Crippen LogP contribution is -2.10. The molecule has 0 fully saturated rings. The lowest BCUT2D eigenvalue weighted by molar-refractivity contribution is 0.744. The summed E-state index contributed by atoms with van der Waals surface area (Å²) in [6.45, 7) is 2.14. The highest BCUT2D eigenvalue weighted by atomic mass is 79.9. The second kappa shape index (κ2) is 6.21. The molecule has 94 valence electrons. The van der Waals surface area contributed by atoms with Gasteiger partial charge in [-0.2, -0.15) is 0 Å². The van der Waals surface area contributed by atoms with Crippen molar-refractivity contribution in [2.75, 3.05) is 5.32 Å². The topological polar surface area (TPSA) is 24.9 Å². The van der Waals surface area contributed by atoms with Gasteiger partial charge in [-0.3, -0.25) is 0 Å². The SMILES string of the molecule is CCC(Nc1cccc(Cl)n1)c1ccc(Br)cc1. The van der Waals surface area contributed by atoms with E-state index in [9.17, 15) is 0 Å². The first kappa shape index (κ1) is 13.4. The molecule has 18 heavy (non-hydrogen) atoms. The fraction of sp³-hybridized carbons (Fsp3) is 0.214. The van der Waals surface area contributed by atoms with E-state index >= 15 is 0 Å². The van der Waals surface area contributed by atoms with Gasteiger partial charge < -0.3 is 5.32 Å². The molecular formula is C14H14BrClN2. The molecule has 2 rings (SSSR count). The van der Waals surface area contributed by atoms with Crippen LogP contribution in [0.3, 0.4) is 0 Å². The molecule has 0 aliphatic heterocycles. The van der Waals surface area contributed by atoms with Crippen LogP contribution in [0.25, 0.3) is 0 Å². The third-order valence-electron chi connectivity index (χ3n) is 2.72. The van der Waals surface area contributed by atoms with Crippen LogP contribution in [0.5, 0.6) is 0 Å². The molecule has 0 saturated heterocycles. The van der Waals surface area contributed by atoms with Crippen LogP contribution in [0.2, 0.25) is 5.15 Å². The smallest absolute Gasteiger partial charge is 0.131 e. The van der Waals surface area contributed by atoms with Crippen LogP contribution in [0, 0.1) is 0 Å². The number of halogens is 2. The van der Waals surface area contributed by atoms with E-state index in [4.69, 9.17) is 11.6 Å². The molecule has 0 aliphatic rings. The monoisotopic (exact) mass is 324 g/mol. The van der Waals surface area contributed by atoms with E-state index in [1.54, 1.807) is 6.07 Å². The predicted octanol–water partition coefficient (Wildman–Crippen LogP) is 5.06. The van der Waals surface area contributed by atoms with Gasteiger partial charge in [-0.05, 0) is 36.2 Å². The Morgan fingerprint density at radius 3 is 2.56 bits per heavy atom. The average molecular weight is 326 g/mol. The Labute approximate surface area is 121 Å². The summed E-state index contributed by atoms with van der Waals surface area (Å²) in [6, 6.07) is 14.1. The highest BCUT2D eigenvalue weighted by molar-refractivity contribution is 9.10. The van der Waals surface area contributed by atoms with Gasteiger partial charge in [0.15, 0.2) is 0 Å². The van der Waals surface area contributed by atoms with Crippen molar-refractivity contribution in [1.82, 2.24) is 4.98 Å². The van der Waals surface area contributed by atoms with Gasteiger partial charge in [0, 0.05) is 4.47 Å². The van der Waals surface area contributed by atoms with E-state index in [0.29, 0.717) is 5.15 Å². The van der Waals surface area contributed by atoms with Gasteiger partial charge in [-0.1, -0.05) is 52.7 Å². The molecule has 1 heterocycles.